The summed E-state index contributed by atoms with van der Waals surface area (Å²) in [6.07, 6.45) is -4.26. The molecule has 0 aliphatic heterocycles. The largest absolute Gasteiger partial charge is 0.417 e. The highest BCUT2D eigenvalue weighted by Crippen LogP contribution is 2.34. The van der Waals surface area contributed by atoms with E-state index in [0.29, 0.717) is 5.56 Å². The van der Waals surface area contributed by atoms with Gasteiger partial charge in [0.1, 0.15) is 0 Å². The lowest BCUT2D eigenvalue weighted by Crippen LogP contribution is -2.08. The molecule has 0 saturated carbocycles. The Morgan fingerprint density at radius 2 is 1.79 bits per heavy atom. The molecule has 0 aromatic heterocycles. The topological polar surface area (TPSA) is 0 Å². The lowest BCUT2D eigenvalue weighted by Gasteiger charge is -2.12. The van der Waals surface area contributed by atoms with Crippen LogP contribution in [0.5, 0.6) is 0 Å². The van der Waals surface area contributed by atoms with Gasteiger partial charge in [0.15, 0.2) is 0 Å². The molecule has 14 heavy (non-hydrogen) atoms. The third-order valence-corrected chi connectivity index (χ3v) is 2.79. The highest BCUT2D eigenvalue weighted by molar-refractivity contribution is 14.1. The van der Waals surface area contributed by atoms with E-state index in [4.69, 9.17) is 0 Å². The van der Waals surface area contributed by atoms with Crippen LogP contribution in [-0.4, -0.2) is 0 Å². The monoisotopic (exact) mass is 313 g/mol. The number of rotatable bonds is 1. The molecule has 0 atom stereocenters. The zero-order valence-electron chi connectivity index (χ0n) is 7.74. The molecule has 77 valence electrons. The fraction of sp³-hybridized carbons (Fsp3) is 0.300. The first-order valence-corrected chi connectivity index (χ1v) is 5.07. The van der Waals surface area contributed by atoms with E-state index in [1.165, 1.54) is 12.1 Å². The quantitative estimate of drug-likeness (QED) is 0.679. The van der Waals surface area contributed by atoms with Crippen molar-refractivity contribution in [1.29, 1.82) is 0 Å². The van der Waals surface area contributed by atoms with Crippen molar-refractivity contribution in [2.45, 2.75) is 20.0 Å². The lowest BCUT2D eigenvalue weighted by atomic mass is 10.0. The predicted octanol–water partition coefficient (Wildman–Crippen LogP) is 4.27. The van der Waals surface area contributed by atoms with Crippen LogP contribution in [0.3, 0.4) is 0 Å². The van der Waals surface area contributed by atoms with Gasteiger partial charge in [-0.05, 0) is 46.2 Å². The molecule has 4 heteroatoms. The molecule has 1 radical (unpaired) electrons. The Morgan fingerprint density at radius 3 is 2.21 bits per heavy atom. The van der Waals surface area contributed by atoms with Crippen LogP contribution in [0, 0.1) is 9.49 Å². The molecule has 0 bridgehead atoms. The van der Waals surface area contributed by atoms with Gasteiger partial charge < -0.3 is 0 Å². The first kappa shape index (κ1) is 11.8. The summed E-state index contributed by atoms with van der Waals surface area (Å²) in [6.45, 7) is 3.59. The summed E-state index contributed by atoms with van der Waals surface area (Å²) in [6, 6.07) is 4.38. The van der Waals surface area contributed by atoms with E-state index < -0.39 is 11.7 Å². The minimum absolute atomic E-state index is 0.236. The van der Waals surface area contributed by atoms with E-state index >= 15 is 0 Å². The number of hydrogen-bond acceptors (Lipinski definition) is 0. The number of hydrogen-bond donors (Lipinski definition) is 0. The minimum Gasteiger partial charge on any atom is -0.166 e. The Balaban J connectivity index is 3.22. The molecule has 0 N–H and O–H groups in total. The molecule has 0 unspecified atom stereocenters. The maximum Gasteiger partial charge on any atom is 0.417 e. The maximum absolute atomic E-state index is 12.5. The lowest BCUT2D eigenvalue weighted by molar-refractivity contribution is -0.138. The average Bonchev–Trinajstić information content (AvgIpc) is 2.02. The number of halogens is 4. The van der Waals surface area contributed by atoms with Gasteiger partial charge in [0.2, 0.25) is 0 Å². The molecule has 0 aliphatic rings. The predicted molar refractivity (Wildman–Crippen MR) is 57.9 cm³/mol. The van der Waals surface area contributed by atoms with Crippen molar-refractivity contribution < 1.29 is 13.2 Å². The second-order valence-corrected chi connectivity index (χ2v) is 4.35. The van der Waals surface area contributed by atoms with E-state index in [2.05, 4.69) is 0 Å². The first-order valence-electron chi connectivity index (χ1n) is 3.99. The van der Waals surface area contributed by atoms with Crippen molar-refractivity contribution in [3.63, 3.8) is 0 Å². The molecule has 1 aromatic rings. The van der Waals surface area contributed by atoms with Crippen molar-refractivity contribution in [3.05, 3.63) is 38.8 Å². The van der Waals surface area contributed by atoms with Crippen molar-refractivity contribution in [3.8, 4) is 0 Å². The van der Waals surface area contributed by atoms with Crippen molar-refractivity contribution in [1.82, 2.24) is 0 Å². The molecule has 0 aliphatic carbocycles. The molecular weight excluding hydrogens is 304 g/mol. The molecule has 1 rings (SSSR count). The molecule has 0 amide bonds. The van der Waals surface area contributed by atoms with Gasteiger partial charge >= 0.3 is 6.18 Å². The van der Waals surface area contributed by atoms with Crippen LogP contribution >= 0.6 is 22.6 Å². The standard InChI is InChI=1S/C10H9F3I/c1-6(2)7-3-4-9(14)8(5-7)10(11,12)13/h3-5H,1-2H3. The summed E-state index contributed by atoms with van der Waals surface area (Å²) in [5, 5.41) is 0. The van der Waals surface area contributed by atoms with Gasteiger partial charge in [-0.2, -0.15) is 13.2 Å². The van der Waals surface area contributed by atoms with Gasteiger partial charge in [-0.25, -0.2) is 0 Å². The third kappa shape index (κ3) is 2.62. The first-order chi connectivity index (χ1) is 6.32. The Hall–Kier alpha value is -0.260. The van der Waals surface area contributed by atoms with E-state index in [9.17, 15) is 13.2 Å². The van der Waals surface area contributed by atoms with Crippen LogP contribution in [0.4, 0.5) is 13.2 Å². The summed E-state index contributed by atoms with van der Waals surface area (Å²) < 4.78 is 37.7. The van der Waals surface area contributed by atoms with Gasteiger partial charge in [0.05, 0.1) is 5.56 Å². The molecule has 0 saturated heterocycles. The third-order valence-electron chi connectivity index (χ3n) is 1.85. The van der Waals surface area contributed by atoms with E-state index in [1.807, 2.05) is 0 Å². The Kier molecular flexibility index (Phi) is 3.44. The van der Waals surface area contributed by atoms with Crippen molar-refractivity contribution >= 4 is 22.6 Å². The highest BCUT2D eigenvalue weighted by Gasteiger charge is 2.33. The zero-order valence-corrected chi connectivity index (χ0v) is 9.90. The minimum atomic E-state index is -4.26. The maximum atomic E-state index is 12.5. The molecule has 0 nitrogen and oxygen atoms in total. The van der Waals surface area contributed by atoms with Gasteiger partial charge in [-0.15, -0.1) is 0 Å². The average molecular weight is 313 g/mol. The van der Waals surface area contributed by atoms with Gasteiger partial charge in [0, 0.05) is 3.57 Å². The molecule has 0 heterocycles. The second kappa shape index (κ2) is 4.08. The molecular formula is C10H9F3I. The summed E-state index contributed by atoms with van der Waals surface area (Å²) in [4.78, 5) is 0. The van der Waals surface area contributed by atoms with E-state index in [-0.39, 0.29) is 3.57 Å². The molecule has 1 aromatic carbocycles. The van der Waals surface area contributed by atoms with Crippen molar-refractivity contribution in [2.75, 3.05) is 0 Å². The van der Waals surface area contributed by atoms with Gasteiger partial charge in [0.25, 0.3) is 0 Å². The number of benzene rings is 1. The van der Waals surface area contributed by atoms with Crippen LogP contribution in [-0.2, 0) is 6.18 Å². The highest BCUT2D eigenvalue weighted by atomic mass is 127. The van der Waals surface area contributed by atoms with E-state index in [1.54, 1.807) is 42.5 Å². The zero-order chi connectivity index (χ0) is 10.9. The van der Waals surface area contributed by atoms with Crippen LogP contribution in [0.2, 0.25) is 0 Å². The summed E-state index contributed by atoms with van der Waals surface area (Å²) in [7, 11) is 0. The summed E-state index contributed by atoms with van der Waals surface area (Å²) in [5.41, 5.74) is 0.0783. The van der Waals surface area contributed by atoms with Crippen LogP contribution in [0.1, 0.15) is 25.0 Å². The van der Waals surface area contributed by atoms with Crippen molar-refractivity contribution in [2.24, 2.45) is 0 Å². The van der Waals surface area contributed by atoms with E-state index in [0.717, 1.165) is 5.92 Å². The molecule has 0 fully saturated rings. The van der Waals surface area contributed by atoms with Gasteiger partial charge in [-0.3, -0.25) is 0 Å². The normalized spacial score (nSPS) is 12.2. The van der Waals surface area contributed by atoms with Crippen LogP contribution < -0.4 is 0 Å². The summed E-state index contributed by atoms with van der Waals surface area (Å²) >= 11 is 1.70. The SMILES string of the molecule is C[C](C)c1ccc(I)c(C(F)(F)F)c1. The smallest absolute Gasteiger partial charge is 0.166 e. The number of alkyl halides is 3. The molecule has 0 spiro atoms. The summed E-state index contributed by atoms with van der Waals surface area (Å²) in [5.74, 6) is 0.881. The Bertz CT molecular complexity index is 329. The van der Waals surface area contributed by atoms with Gasteiger partial charge in [-0.1, -0.05) is 19.9 Å². The fourth-order valence-electron chi connectivity index (χ4n) is 1.05. The Labute approximate surface area is 94.6 Å². The second-order valence-electron chi connectivity index (χ2n) is 3.19. The van der Waals surface area contributed by atoms with Crippen LogP contribution in [0.15, 0.2) is 18.2 Å². The van der Waals surface area contributed by atoms with Crippen LogP contribution in [0.25, 0.3) is 0 Å². The Morgan fingerprint density at radius 1 is 1.21 bits per heavy atom. The fourth-order valence-corrected chi connectivity index (χ4v) is 1.69.